The van der Waals surface area contributed by atoms with Gasteiger partial charge in [0.1, 0.15) is 5.01 Å². The summed E-state index contributed by atoms with van der Waals surface area (Å²) in [5.41, 5.74) is 0.863. The van der Waals surface area contributed by atoms with E-state index >= 15 is 0 Å². The van der Waals surface area contributed by atoms with Crippen LogP contribution in [0.3, 0.4) is 0 Å². The predicted molar refractivity (Wildman–Crippen MR) is 81.1 cm³/mol. The number of thiazole rings is 1. The summed E-state index contributed by atoms with van der Waals surface area (Å²) in [5.74, 6) is 0.142. The average molecular weight is 308 g/mol. The van der Waals surface area contributed by atoms with Crippen LogP contribution in [0.15, 0.2) is 22.9 Å². The second kappa shape index (κ2) is 6.03. The van der Waals surface area contributed by atoms with Crippen LogP contribution in [-0.4, -0.2) is 41.6 Å². The van der Waals surface area contributed by atoms with Crippen molar-refractivity contribution in [3.8, 4) is 9.88 Å². The van der Waals surface area contributed by atoms with E-state index in [4.69, 9.17) is 4.74 Å². The standard InChI is InChI=1S/C14H16N2O2S2/c1-10-8-18-5-4-16(10)13(17)7-11-9-20-14(15-11)12-3-2-6-19-12/h2-3,6,9-10H,4-5,7-8H2,1H3/t10-/m0/s1. The van der Waals surface area contributed by atoms with E-state index in [2.05, 4.69) is 11.1 Å². The average Bonchev–Trinajstić information content (AvgIpc) is 3.09. The van der Waals surface area contributed by atoms with Gasteiger partial charge >= 0.3 is 0 Å². The van der Waals surface area contributed by atoms with Crippen molar-refractivity contribution >= 4 is 28.6 Å². The third-order valence-electron chi connectivity index (χ3n) is 3.30. The van der Waals surface area contributed by atoms with Crippen LogP contribution in [-0.2, 0) is 16.0 Å². The molecule has 0 aliphatic carbocycles. The van der Waals surface area contributed by atoms with E-state index in [0.717, 1.165) is 15.6 Å². The van der Waals surface area contributed by atoms with Gasteiger partial charge in [0, 0.05) is 11.9 Å². The molecular formula is C14H16N2O2S2. The van der Waals surface area contributed by atoms with Gasteiger partial charge in [-0.05, 0) is 18.4 Å². The Labute approximate surface area is 126 Å². The first-order valence-corrected chi connectivity index (χ1v) is 8.35. The Hall–Kier alpha value is -1.24. The molecule has 1 atom stereocenters. The summed E-state index contributed by atoms with van der Waals surface area (Å²) < 4.78 is 5.36. The number of morpholine rings is 1. The van der Waals surface area contributed by atoms with Gasteiger partial charge in [0.05, 0.1) is 36.2 Å². The minimum atomic E-state index is 0.142. The van der Waals surface area contributed by atoms with Crippen molar-refractivity contribution in [2.45, 2.75) is 19.4 Å². The first kappa shape index (κ1) is 13.7. The lowest BCUT2D eigenvalue weighted by Gasteiger charge is -2.33. The van der Waals surface area contributed by atoms with Gasteiger partial charge in [0.15, 0.2) is 0 Å². The highest BCUT2D eigenvalue weighted by Crippen LogP contribution is 2.28. The lowest BCUT2D eigenvalue weighted by Crippen LogP contribution is -2.47. The Kier molecular flexibility index (Phi) is 4.14. The fourth-order valence-corrected chi connectivity index (χ4v) is 3.89. The molecule has 20 heavy (non-hydrogen) atoms. The Morgan fingerprint density at radius 2 is 2.45 bits per heavy atom. The van der Waals surface area contributed by atoms with Crippen LogP contribution in [0.25, 0.3) is 9.88 Å². The van der Waals surface area contributed by atoms with Crippen molar-refractivity contribution < 1.29 is 9.53 Å². The van der Waals surface area contributed by atoms with E-state index in [9.17, 15) is 4.79 Å². The fourth-order valence-electron chi connectivity index (χ4n) is 2.26. The molecule has 1 aliphatic rings. The molecule has 0 saturated carbocycles. The number of carbonyl (C=O) groups excluding carboxylic acids is 1. The summed E-state index contributed by atoms with van der Waals surface area (Å²) >= 11 is 3.27. The van der Waals surface area contributed by atoms with Crippen LogP contribution >= 0.6 is 22.7 Å². The predicted octanol–water partition coefficient (Wildman–Crippen LogP) is 2.66. The van der Waals surface area contributed by atoms with Crippen molar-refractivity contribution in [1.29, 1.82) is 0 Å². The van der Waals surface area contributed by atoms with Gasteiger partial charge in [0.25, 0.3) is 0 Å². The molecule has 0 radical (unpaired) electrons. The van der Waals surface area contributed by atoms with E-state index in [1.807, 2.05) is 28.7 Å². The van der Waals surface area contributed by atoms with Crippen molar-refractivity contribution in [2.75, 3.05) is 19.8 Å². The molecule has 4 nitrogen and oxygen atoms in total. The molecule has 2 aromatic heterocycles. The molecule has 6 heteroatoms. The molecule has 3 rings (SSSR count). The minimum Gasteiger partial charge on any atom is -0.377 e. The van der Waals surface area contributed by atoms with Crippen LogP contribution in [0.1, 0.15) is 12.6 Å². The lowest BCUT2D eigenvalue weighted by atomic mass is 10.2. The molecule has 0 N–H and O–H groups in total. The van der Waals surface area contributed by atoms with Gasteiger partial charge in [-0.3, -0.25) is 4.79 Å². The first-order chi connectivity index (χ1) is 9.74. The minimum absolute atomic E-state index is 0.142. The number of hydrogen-bond donors (Lipinski definition) is 0. The summed E-state index contributed by atoms with van der Waals surface area (Å²) in [6.07, 6.45) is 0.381. The van der Waals surface area contributed by atoms with Crippen molar-refractivity contribution in [1.82, 2.24) is 9.88 Å². The van der Waals surface area contributed by atoms with Gasteiger partial charge in [0.2, 0.25) is 5.91 Å². The number of thiophene rings is 1. The molecule has 106 valence electrons. The van der Waals surface area contributed by atoms with Crippen molar-refractivity contribution in [3.63, 3.8) is 0 Å². The quantitative estimate of drug-likeness (QED) is 0.875. The zero-order valence-electron chi connectivity index (χ0n) is 11.2. The second-order valence-corrected chi connectivity index (χ2v) is 6.61. The highest BCUT2D eigenvalue weighted by Gasteiger charge is 2.24. The zero-order valence-corrected chi connectivity index (χ0v) is 12.9. The second-order valence-electron chi connectivity index (χ2n) is 4.81. The maximum absolute atomic E-state index is 12.3. The number of amides is 1. The van der Waals surface area contributed by atoms with E-state index < -0.39 is 0 Å². The van der Waals surface area contributed by atoms with Crippen LogP contribution < -0.4 is 0 Å². The third-order valence-corrected chi connectivity index (χ3v) is 5.23. The van der Waals surface area contributed by atoms with Gasteiger partial charge in [-0.1, -0.05) is 6.07 Å². The molecule has 0 unspecified atom stereocenters. The molecule has 1 amide bonds. The lowest BCUT2D eigenvalue weighted by molar-refractivity contribution is -0.138. The molecule has 2 aromatic rings. The van der Waals surface area contributed by atoms with Crippen LogP contribution in [0.4, 0.5) is 0 Å². The normalized spacial score (nSPS) is 19.2. The van der Waals surface area contributed by atoms with Crippen LogP contribution in [0.2, 0.25) is 0 Å². The number of nitrogens with zero attached hydrogens (tertiary/aromatic N) is 2. The van der Waals surface area contributed by atoms with Crippen LogP contribution in [0.5, 0.6) is 0 Å². The van der Waals surface area contributed by atoms with Gasteiger partial charge in [-0.25, -0.2) is 4.98 Å². The SMILES string of the molecule is C[C@H]1COCCN1C(=O)Cc1csc(-c2cccs2)n1. The van der Waals surface area contributed by atoms with E-state index in [-0.39, 0.29) is 11.9 Å². The molecule has 1 saturated heterocycles. The monoisotopic (exact) mass is 308 g/mol. The number of rotatable bonds is 3. The van der Waals surface area contributed by atoms with E-state index in [0.29, 0.717) is 26.2 Å². The third kappa shape index (κ3) is 2.92. The topological polar surface area (TPSA) is 42.4 Å². The van der Waals surface area contributed by atoms with Crippen LogP contribution in [0, 0.1) is 0 Å². The molecule has 1 aliphatic heterocycles. The van der Waals surface area contributed by atoms with E-state index in [1.54, 1.807) is 22.7 Å². The highest BCUT2D eigenvalue weighted by molar-refractivity contribution is 7.20. The summed E-state index contributed by atoms with van der Waals surface area (Å²) in [4.78, 5) is 19.9. The molecule has 0 spiro atoms. The van der Waals surface area contributed by atoms with Gasteiger partial charge in [-0.15, -0.1) is 22.7 Å². The smallest absolute Gasteiger partial charge is 0.229 e. The Balaban J connectivity index is 1.67. The number of ether oxygens (including phenoxy) is 1. The zero-order chi connectivity index (χ0) is 13.9. The summed E-state index contributed by atoms with van der Waals surface area (Å²) in [6, 6.07) is 4.23. The first-order valence-electron chi connectivity index (χ1n) is 6.59. The Morgan fingerprint density at radius 1 is 1.55 bits per heavy atom. The summed E-state index contributed by atoms with van der Waals surface area (Å²) in [6.45, 7) is 3.97. The summed E-state index contributed by atoms with van der Waals surface area (Å²) in [7, 11) is 0. The largest absolute Gasteiger partial charge is 0.377 e. The van der Waals surface area contributed by atoms with Crippen molar-refractivity contribution in [2.24, 2.45) is 0 Å². The fraction of sp³-hybridized carbons (Fsp3) is 0.429. The highest BCUT2D eigenvalue weighted by atomic mass is 32.1. The summed E-state index contributed by atoms with van der Waals surface area (Å²) in [5, 5.41) is 5.02. The Morgan fingerprint density at radius 3 is 3.20 bits per heavy atom. The van der Waals surface area contributed by atoms with E-state index in [1.165, 1.54) is 0 Å². The Bertz CT molecular complexity index is 580. The maximum Gasteiger partial charge on any atom is 0.229 e. The number of aromatic nitrogens is 1. The molecule has 0 bridgehead atoms. The maximum atomic E-state index is 12.3. The molecular weight excluding hydrogens is 292 g/mol. The number of hydrogen-bond acceptors (Lipinski definition) is 5. The number of carbonyl (C=O) groups is 1. The molecule has 1 fully saturated rings. The van der Waals surface area contributed by atoms with Gasteiger partial charge in [-0.2, -0.15) is 0 Å². The molecule has 0 aromatic carbocycles. The van der Waals surface area contributed by atoms with Gasteiger partial charge < -0.3 is 9.64 Å². The van der Waals surface area contributed by atoms with Crippen molar-refractivity contribution in [3.05, 3.63) is 28.6 Å². The molecule has 3 heterocycles.